The normalized spacial score (nSPS) is 17.0. The van der Waals surface area contributed by atoms with Gasteiger partial charge in [-0.3, -0.25) is 4.79 Å². The van der Waals surface area contributed by atoms with E-state index in [4.69, 9.17) is 19.9 Å². The van der Waals surface area contributed by atoms with Crippen molar-refractivity contribution in [3.05, 3.63) is 39.7 Å². The molecule has 0 amide bonds. The van der Waals surface area contributed by atoms with E-state index in [1.165, 1.54) is 0 Å². The minimum Gasteiger partial charge on any atom is -0.465 e. The molecule has 0 bridgehead atoms. The number of nitrogens with two attached hydrogens (primary N) is 1. The third-order valence-corrected chi connectivity index (χ3v) is 4.10. The first-order valence-corrected chi connectivity index (χ1v) is 8.44. The molecular formula is C17H17BrN2O5. The topological polar surface area (TPSA) is 112 Å². The average molecular weight is 409 g/mol. The molecule has 2 rings (SSSR count). The fourth-order valence-electron chi connectivity index (χ4n) is 2.62. The van der Waals surface area contributed by atoms with E-state index in [2.05, 4.69) is 15.9 Å². The van der Waals surface area contributed by atoms with Crippen LogP contribution in [0.4, 0.5) is 0 Å². The van der Waals surface area contributed by atoms with Gasteiger partial charge in [0, 0.05) is 10.0 Å². The van der Waals surface area contributed by atoms with Crippen molar-refractivity contribution < 1.29 is 23.8 Å². The molecule has 132 valence electrons. The Hall–Kier alpha value is -2.53. The maximum Gasteiger partial charge on any atom is 0.340 e. The third-order valence-electron chi connectivity index (χ3n) is 3.61. The van der Waals surface area contributed by atoms with Crippen LogP contribution in [0.1, 0.15) is 25.3 Å². The second-order valence-corrected chi connectivity index (χ2v) is 6.03. The van der Waals surface area contributed by atoms with Crippen LogP contribution in [0.5, 0.6) is 5.75 Å². The summed E-state index contributed by atoms with van der Waals surface area (Å²) < 4.78 is 16.2. The molecule has 0 radical (unpaired) electrons. The molecule has 0 spiro atoms. The number of rotatable bonds is 5. The van der Waals surface area contributed by atoms with Crippen LogP contribution in [0.2, 0.25) is 0 Å². The number of nitriles is 1. The lowest BCUT2D eigenvalue weighted by Gasteiger charge is -2.30. The van der Waals surface area contributed by atoms with Gasteiger partial charge < -0.3 is 19.9 Å². The number of carbonyl (C=O) groups is 2. The van der Waals surface area contributed by atoms with Gasteiger partial charge in [-0.25, -0.2) is 4.79 Å². The largest absolute Gasteiger partial charge is 0.465 e. The molecule has 0 fully saturated rings. The van der Waals surface area contributed by atoms with Crippen LogP contribution in [0, 0.1) is 17.2 Å². The van der Waals surface area contributed by atoms with E-state index in [0.29, 0.717) is 15.8 Å². The summed E-state index contributed by atoms with van der Waals surface area (Å²) in [6, 6.07) is 6.96. The number of nitrogens with zero attached hydrogens (tertiary/aromatic N) is 1. The minimum absolute atomic E-state index is 0.0629. The van der Waals surface area contributed by atoms with Gasteiger partial charge in [-0.05, 0) is 32.0 Å². The zero-order valence-corrected chi connectivity index (χ0v) is 15.3. The Morgan fingerprint density at radius 3 is 2.64 bits per heavy atom. The van der Waals surface area contributed by atoms with Crippen LogP contribution in [0.15, 0.2) is 34.1 Å². The average Bonchev–Trinajstić information content (AvgIpc) is 2.56. The molecule has 1 aliphatic heterocycles. The van der Waals surface area contributed by atoms with Crippen molar-refractivity contribution in [3.63, 3.8) is 0 Å². The Labute approximate surface area is 153 Å². The highest BCUT2D eigenvalue weighted by Gasteiger charge is 2.43. The highest BCUT2D eigenvalue weighted by Crippen LogP contribution is 2.44. The van der Waals surface area contributed by atoms with Crippen molar-refractivity contribution in [1.29, 1.82) is 5.26 Å². The lowest BCUT2D eigenvalue weighted by Crippen LogP contribution is -2.33. The smallest absolute Gasteiger partial charge is 0.340 e. The van der Waals surface area contributed by atoms with Crippen LogP contribution in [-0.2, 0) is 19.1 Å². The van der Waals surface area contributed by atoms with Crippen molar-refractivity contribution in [2.24, 2.45) is 11.7 Å². The molecule has 0 aromatic heterocycles. The number of carbonyl (C=O) groups excluding carboxylic acids is 2. The first-order chi connectivity index (χ1) is 11.9. The number of esters is 2. The molecule has 0 saturated carbocycles. The first kappa shape index (κ1) is 18.8. The van der Waals surface area contributed by atoms with Gasteiger partial charge >= 0.3 is 11.9 Å². The number of hydrogen-bond donors (Lipinski definition) is 1. The van der Waals surface area contributed by atoms with Crippen LogP contribution >= 0.6 is 15.9 Å². The number of halogens is 1. The van der Waals surface area contributed by atoms with Crippen LogP contribution < -0.4 is 10.5 Å². The monoisotopic (exact) mass is 408 g/mol. The molecule has 8 heteroatoms. The number of hydrogen-bond acceptors (Lipinski definition) is 7. The Bertz CT molecular complexity index is 769. The third kappa shape index (κ3) is 3.77. The van der Waals surface area contributed by atoms with Crippen molar-refractivity contribution in [3.8, 4) is 11.8 Å². The summed E-state index contributed by atoms with van der Waals surface area (Å²) in [5.74, 6) is -3.53. The molecule has 1 aliphatic rings. The van der Waals surface area contributed by atoms with Gasteiger partial charge in [0.25, 0.3) is 0 Å². The van der Waals surface area contributed by atoms with Crippen molar-refractivity contribution >= 4 is 27.9 Å². The summed E-state index contributed by atoms with van der Waals surface area (Å²) in [5, 5.41) is 9.57. The fraction of sp³-hybridized carbons (Fsp3) is 0.353. The van der Waals surface area contributed by atoms with E-state index in [0.717, 1.165) is 0 Å². The Morgan fingerprint density at radius 1 is 1.36 bits per heavy atom. The highest BCUT2D eigenvalue weighted by atomic mass is 79.9. The molecule has 2 N–H and O–H groups in total. The summed E-state index contributed by atoms with van der Waals surface area (Å²) in [6.07, 6.45) is 0. The lowest BCUT2D eigenvalue weighted by atomic mass is 9.79. The predicted octanol–water partition coefficient (Wildman–Crippen LogP) is 2.36. The van der Waals surface area contributed by atoms with Gasteiger partial charge in [0.1, 0.15) is 11.3 Å². The Kier molecular flexibility index (Phi) is 6.04. The number of ether oxygens (including phenoxy) is 3. The van der Waals surface area contributed by atoms with E-state index >= 15 is 0 Å². The molecule has 1 aromatic carbocycles. The number of fused-ring (bicyclic) bond motifs is 1. The van der Waals surface area contributed by atoms with Gasteiger partial charge in [0.05, 0.1) is 25.2 Å². The second-order valence-electron chi connectivity index (χ2n) is 5.12. The van der Waals surface area contributed by atoms with E-state index < -0.39 is 23.8 Å². The highest BCUT2D eigenvalue weighted by molar-refractivity contribution is 9.10. The summed E-state index contributed by atoms with van der Waals surface area (Å²) in [4.78, 5) is 24.7. The van der Waals surface area contributed by atoms with Crippen LogP contribution in [-0.4, -0.2) is 25.2 Å². The minimum atomic E-state index is -1.27. The fourth-order valence-corrected chi connectivity index (χ4v) is 2.99. The van der Waals surface area contributed by atoms with Gasteiger partial charge in [0.2, 0.25) is 5.88 Å². The molecule has 0 saturated heterocycles. The van der Waals surface area contributed by atoms with Crippen LogP contribution in [0.3, 0.4) is 0 Å². The van der Waals surface area contributed by atoms with Gasteiger partial charge in [-0.2, -0.15) is 5.26 Å². The first-order valence-electron chi connectivity index (χ1n) is 7.64. The number of benzene rings is 1. The molecule has 1 aromatic rings. The van der Waals surface area contributed by atoms with Crippen LogP contribution in [0.25, 0.3) is 0 Å². The van der Waals surface area contributed by atoms with Crippen molar-refractivity contribution in [2.75, 3.05) is 13.2 Å². The van der Waals surface area contributed by atoms with Gasteiger partial charge in [0.15, 0.2) is 5.92 Å². The summed E-state index contributed by atoms with van der Waals surface area (Å²) in [6.45, 7) is 3.51. The van der Waals surface area contributed by atoms with E-state index in [-0.39, 0.29) is 24.7 Å². The van der Waals surface area contributed by atoms with Gasteiger partial charge in [-0.15, -0.1) is 0 Å². The quantitative estimate of drug-likeness (QED) is 0.743. The predicted molar refractivity (Wildman–Crippen MR) is 91.1 cm³/mol. The van der Waals surface area contributed by atoms with Crippen molar-refractivity contribution in [2.45, 2.75) is 19.8 Å². The Balaban J connectivity index is 2.63. The molecule has 7 nitrogen and oxygen atoms in total. The lowest BCUT2D eigenvalue weighted by molar-refractivity contribution is -0.146. The molecule has 25 heavy (non-hydrogen) atoms. The molecule has 2 atom stereocenters. The SMILES string of the molecule is CCOC(=O)C1=C(N)Oc2ccc(Br)cc2[C@@H]1[C@H](C#N)C(=O)OCC. The zero-order valence-electron chi connectivity index (χ0n) is 13.7. The maximum atomic E-state index is 12.4. The molecule has 0 unspecified atom stereocenters. The summed E-state index contributed by atoms with van der Waals surface area (Å²) in [7, 11) is 0. The molecular weight excluding hydrogens is 392 g/mol. The van der Waals surface area contributed by atoms with E-state index in [9.17, 15) is 14.9 Å². The maximum absolute atomic E-state index is 12.4. The van der Waals surface area contributed by atoms with Gasteiger partial charge in [-0.1, -0.05) is 15.9 Å². The second kappa shape index (κ2) is 8.03. The standard InChI is InChI=1S/C17H17BrN2O5/c1-3-23-16(21)11(8-19)13-10-7-9(18)5-6-12(10)25-15(20)14(13)17(22)24-4-2/h5-7,11,13H,3-4,20H2,1-2H3/t11-,13+/m0/s1. The zero-order chi connectivity index (χ0) is 18.6. The summed E-state index contributed by atoms with van der Waals surface area (Å²) in [5.41, 5.74) is 6.32. The Morgan fingerprint density at radius 2 is 2.04 bits per heavy atom. The summed E-state index contributed by atoms with van der Waals surface area (Å²) >= 11 is 3.34. The van der Waals surface area contributed by atoms with Crippen molar-refractivity contribution in [1.82, 2.24) is 0 Å². The molecule has 1 heterocycles. The molecule has 0 aliphatic carbocycles. The van der Waals surface area contributed by atoms with E-state index in [1.807, 2.05) is 6.07 Å². The van der Waals surface area contributed by atoms with E-state index in [1.54, 1.807) is 32.0 Å².